The maximum atomic E-state index is 12.0. The molecule has 0 bridgehead atoms. The Kier molecular flexibility index (Phi) is 5.15. The summed E-state index contributed by atoms with van der Waals surface area (Å²) in [6, 6.07) is 2.21. The molecule has 1 rings (SSSR count). The summed E-state index contributed by atoms with van der Waals surface area (Å²) >= 11 is 1.68. The Morgan fingerprint density at radius 1 is 1.65 bits per heavy atom. The minimum atomic E-state index is -0.752. The zero-order chi connectivity index (χ0) is 12.9. The van der Waals surface area contributed by atoms with E-state index >= 15 is 0 Å². The highest BCUT2D eigenvalue weighted by Crippen LogP contribution is 2.11. The molecule has 0 aliphatic rings. The lowest BCUT2D eigenvalue weighted by Gasteiger charge is -2.25. The number of nitrogens with one attached hydrogen (secondary N) is 1. The fourth-order valence-electron chi connectivity index (χ4n) is 1.83. The molecule has 3 nitrogen and oxygen atoms in total. The molecule has 0 fully saturated rings. The summed E-state index contributed by atoms with van der Waals surface area (Å²) in [7, 11) is 0. The van der Waals surface area contributed by atoms with Crippen LogP contribution in [-0.4, -0.2) is 17.5 Å². The van der Waals surface area contributed by atoms with Crippen LogP contribution >= 0.6 is 11.3 Å². The molecule has 0 saturated carbocycles. The van der Waals surface area contributed by atoms with Crippen LogP contribution in [0.5, 0.6) is 0 Å². The van der Waals surface area contributed by atoms with Crippen LogP contribution in [0.4, 0.5) is 0 Å². The van der Waals surface area contributed by atoms with Gasteiger partial charge in [0.1, 0.15) is 0 Å². The number of amides is 1. The molecule has 0 spiro atoms. The van der Waals surface area contributed by atoms with E-state index in [2.05, 4.69) is 16.8 Å². The first-order valence-corrected chi connectivity index (χ1v) is 7.01. The molecule has 0 aromatic carbocycles. The Morgan fingerprint density at radius 3 is 2.88 bits per heavy atom. The van der Waals surface area contributed by atoms with Crippen molar-refractivity contribution in [3.8, 4) is 0 Å². The summed E-state index contributed by atoms with van der Waals surface area (Å²) in [6.07, 6.45) is 2.49. The van der Waals surface area contributed by atoms with E-state index in [1.807, 2.05) is 19.2 Å². The fourth-order valence-corrected chi connectivity index (χ4v) is 2.52. The molecule has 0 aliphatic heterocycles. The molecular weight excluding hydrogens is 232 g/mol. The monoisotopic (exact) mass is 254 g/mol. The van der Waals surface area contributed by atoms with Crippen molar-refractivity contribution in [3.63, 3.8) is 0 Å². The molecule has 2 unspecified atom stereocenters. The SMILES string of the molecule is CCCC(C)(N)C(=O)NC(C)Cc1ccsc1. The fraction of sp³-hybridized carbons (Fsp3) is 0.615. The first kappa shape index (κ1) is 14.2. The van der Waals surface area contributed by atoms with Crippen LogP contribution in [0, 0.1) is 0 Å². The van der Waals surface area contributed by atoms with E-state index < -0.39 is 5.54 Å². The lowest BCUT2D eigenvalue weighted by Crippen LogP contribution is -2.53. The van der Waals surface area contributed by atoms with Gasteiger partial charge in [-0.25, -0.2) is 0 Å². The van der Waals surface area contributed by atoms with Gasteiger partial charge >= 0.3 is 0 Å². The van der Waals surface area contributed by atoms with Crippen LogP contribution in [0.15, 0.2) is 16.8 Å². The van der Waals surface area contributed by atoms with Crippen LogP contribution in [0.25, 0.3) is 0 Å². The number of thiophene rings is 1. The minimum Gasteiger partial charge on any atom is -0.352 e. The molecule has 0 aliphatic carbocycles. The van der Waals surface area contributed by atoms with Crippen LogP contribution in [0.1, 0.15) is 39.2 Å². The molecule has 0 radical (unpaired) electrons. The van der Waals surface area contributed by atoms with E-state index in [9.17, 15) is 4.79 Å². The number of hydrogen-bond acceptors (Lipinski definition) is 3. The highest BCUT2D eigenvalue weighted by Gasteiger charge is 2.27. The van der Waals surface area contributed by atoms with Crippen molar-refractivity contribution in [3.05, 3.63) is 22.4 Å². The normalized spacial score (nSPS) is 16.2. The number of carbonyl (C=O) groups is 1. The molecule has 17 heavy (non-hydrogen) atoms. The summed E-state index contributed by atoms with van der Waals surface area (Å²) in [5, 5.41) is 7.14. The Bertz CT molecular complexity index is 346. The maximum Gasteiger partial charge on any atom is 0.240 e. The second-order valence-electron chi connectivity index (χ2n) is 4.88. The van der Waals surface area contributed by atoms with E-state index in [0.29, 0.717) is 6.42 Å². The van der Waals surface area contributed by atoms with Crippen LogP contribution < -0.4 is 11.1 Å². The van der Waals surface area contributed by atoms with Crippen molar-refractivity contribution in [1.29, 1.82) is 0 Å². The third-order valence-electron chi connectivity index (χ3n) is 2.79. The molecule has 3 N–H and O–H groups in total. The summed E-state index contributed by atoms with van der Waals surface area (Å²) < 4.78 is 0. The Labute approximate surface area is 107 Å². The van der Waals surface area contributed by atoms with Gasteiger partial charge in [-0.15, -0.1) is 0 Å². The van der Waals surface area contributed by atoms with E-state index in [4.69, 9.17) is 5.73 Å². The van der Waals surface area contributed by atoms with Crippen molar-refractivity contribution >= 4 is 17.2 Å². The molecule has 0 saturated heterocycles. The molecular formula is C13H22N2OS. The van der Waals surface area contributed by atoms with Crippen molar-refractivity contribution in [2.75, 3.05) is 0 Å². The molecule has 1 aromatic rings. The number of nitrogens with two attached hydrogens (primary N) is 1. The molecule has 1 amide bonds. The Balaban J connectivity index is 2.45. The van der Waals surface area contributed by atoms with Gasteiger partial charge in [-0.1, -0.05) is 13.3 Å². The van der Waals surface area contributed by atoms with Crippen molar-refractivity contribution in [2.45, 2.75) is 51.6 Å². The van der Waals surface area contributed by atoms with Crippen LogP contribution in [0.2, 0.25) is 0 Å². The van der Waals surface area contributed by atoms with Crippen molar-refractivity contribution in [2.24, 2.45) is 5.73 Å². The number of hydrogen-bond donors (Lipinski definition) is 2. The molecule has 96 valence electrons. The summed E-state index contributed by atoms with van der Waals surface area (Å²) in [6.45, 7) is 5.84. The lowest BCUT2D eigenvalue weighted by molar-refractivity contribution is -0.126. The molecule has 1 heterocycles. The van der Waals surface area contributed by atoms with Crippen molar-refractivity contribution in [1.82, 2.24) is 5.32 Å². The van der Waals surface area contributed by atoms with E-state index in [1.54, 1.807) is 18.3 Å². The van der Waals surface area contributed by atoms with E-state index in [1.165, 1.54) is 5.56 Å². The van der Waals surface area contributed by atoms with Gasteiger partial charge in [-0.05, 0) is 49.1 Å². The van der Waals surface area contributed by atoms with Gasteiger partial charge in [0, 0.05) is 6.04 Å². The quantitative estimate of drug-likeness (QED) is 0.818. The second-order valence-corrected chi connectivity index (χ2v) is 5.66. The highest BCUT2D eigenvalue weighted by atomic mass is 32.1. The molecule has 2 atom stereocenters. The first-order valence-electron chi connectivity index (χ1n) is 6.06. The van der Waals surface area contributed by atoms with E-state index in [-0.39, 0.29) is 11.9 Å². The molecule has 4 heteroatoms. The van der Waals surface area contributed by atoms with E-state index in [0.717, 1.165) is 12.8 Å². The predicted octanol–water partition coefficient (Wildman–Crippen LogP) is 2.31. The van der Waals surface area contributed by atoms with Gasteiger partial charge in [-0.3, -0.25) is 4.79 Å². The third kappa shape index (κ3) is 4.48. The van der Waals surface area contributed by atoms with Gasteiger partial charge in [0.05, 0.1) is 5.54 Å². The topological polar surface area (TPSA) is 55.1 Å². The standard InChI is InChI=1S/C13H22N2OS/c1-4-6-13(3,14)12(16)15-10(2)8-11-5-7-17-9-11/h5,7,9-10H,4,6,8,14H2,1-3H3,(H,15,16). The minimum absolute atomic E-state index is 0.0536. The van der Waals surface area contributed by atoms with Crippen LogP contribution in [0.3, 0.4) is 0 Å². The average molecular weight is 254 g/mol. The van der Waals surface area contributed by atoms with Gasteiger partial charge in [0.2, 0.25) is 5.91 Å². The molecule has 1 aromatic heterocycles. The second kappa shape index (κ2) is 6.17. The summed E-state index contributed by atoms with van der Waals surface area (Å²) in [5.74, 6) is -0.0536. The zero-order valence-electron chi connectivity index (χ0n) is 10.8. The third-order valence-corrected chi connectivity index (χ3v) is 3.52. The highest BCUT2D eigenvalue weighted by molar-refractivity contribution is 7.07. The largest absolute Gasteiger partial charge is 0.352 e. The Morgan fingerprint density at radius 2 is 2.35 bits per heavy atom. The maximum absolute atomic E-state index is 12.0. The first-order chi connectivity index (χ1) is 7.95. The van der Waals surface area contributed by atoms with Gasteiger partial charge < -0.3 is 11.1 Å². The smallest absolute Gasteiger partial charge is 0.240 e. The predicted molar refractivity (Wildman–Crippen MR) is 73.1 cm³/mol. The Hall–Kier alpha value is -0.870. The number of rotatable bonds is 6. The van der Waals surface area contributed by atoms with Crippen molar-refractivity contribution < 1.29 is 4.79 Å². The summed E-state index contributed by atoms with van der Waals surface area (Å²) in [4.78, 5) is 12.0. The zero-order valence-corrected chi connectivity index (χ0v) is 11.6. The van der Waals surface area contributed by atoms with Crippen LogP contribution in [-0.2, 0) is 11.2 Å². The van der Waals surface area contributed by atoms with Gasteiger partial charge in [0.15, 0.2) is 0 Å². The van der Waals surface area contributed by atoms with Gasteiger partial charge in [-0.2, -0.15) is 11.3 Å². The number of carbonyl (C=O) groups excluding carboxylic acids is 1. The average Bonchev–Trinajstić information content (AvgIpc) is 2.69. The van der Waals surface area contributed by atoms with Gasteiger partial charge in [0.25, 0.3) is 0 Å². The lowest BCUT2D eigenvalue weighted by atomic mass is 9.96. The summed E-state index contributed by atoms with van der Waals surface area (Å²) in [5.41, 5.74) is 6.49.